The molecule has 4 rings (SSSR count). The summed E-state index contributed by atoms with van der Waals surface area (Å²) >= 11 is 2.64. The van der Waals surface area contributed by atoms with Gasteiger partial charge in [0.05, 0.1) is 21.3 Å². The number of hydrogen-bond acceptors (Lipinski definition) is 6. The van der Waals surface area contributed by atoms with Gasteiger partial charge in [0.25, 0.3) is 0 Å². The van der Waals surface area contributed by atoms with Crippen LogP contribution in [0.2, 0.25) is 0 Å². The van der Waals surface area contributed by atoms with Gasteiger partial charge in [-0.05, 0) is 12.1 Å². The molecule has 0 atom stereocenters. The molecule has 21 heavy (non-hydrogen) atoms. The summed E-state index contributed by atoms with van der Waals surface area (Å²) in [6, 6.07) is 4.98. The van der Waals surface area contributed by atoms with E-state index in [4.69, 9.17) is 5.73 Å². The highest BCUT2D eigenvalue weighted by atomic mass is 32.2. The summed E-state index contributed by atoms with van der Waals surface area (Å²) in [5.74, 6) is 0.264. The van der Waals surface area contributed by atoms with Crippen LogP contribution in [-0.4, -0.2) is 19.4 Å². The van der Waals surface area contributed by atoms with Gasteiger partial charge in [-0.2, -0.15) is 0 Å². The predicted octanol–water partition coefficient (Wildman–Crippen LogP) is 3.21. The van der Waals surface area contributed by atoms with Crippen molar-refractivity contribution in [1.29, 1.82) is 0 Å². The van der Waals surface area contributed by atoms with E-state index in [2.05, 4.69) is 15.0 Å². The Bertz CT molecular complexity index is 962. The van der Waals surface area contributed by atoms with Crippen LogP contribution in [0, 0.1) is 5.82 Å². The molecule has 3 heterocycles. The van der Waals surface area contributed by atoms with E-state index in [0.717, 1.165) is 9.73 Å². The molecule has 0 fully saturated rings. The van der Waals surface area contributed by atoms with Crippen LogP contribution in [0.15, 0.2) is 46.7 Å². The molecule has 2 N–H and O–H groups in total. The number of rotatable bonds is 2. The van der Waals surface area contributed by atoms with Gasteiger partial charge in [0.2, 0.25) is 5.78 Å². The average molecular weight is 317 g/mol. The second-order valence-electron chi connectivity index (χ2n) is 4.29. The first-order valence-corrected chi connectivity index (χ1v) is 7.65. The van der Waals surface area contributed by atoms with E-state index in [9.17, 15) is 4.39 Å². The Balaban J connectivity index is 1.81. The van der Waals surface area contributed by atoms with Crippen LogP contribution in [0.1, 0.15) is 0 Å². The highest BCUT2D eigenvalue weighted by Gasteiger charge is 2.12. The number of nitrogen functional groups attached to an aromatic ring is 1. The predicted molar refractivity (Wildman–Crippen MR) is 81.1 cm³/mol. The summed E-state index contributed by atoms with van der Waals surface area (Å²) in [4.78, 5) is 12.9. The molecule has 4 aromatic rings. The van der Waals surface area contributed by atoms with E-state index < -0.39 is 0 Å². The maximum atomic E-state index is 14.2. The van der Waals surface area contributed by atoms with Crippen molar-refractivity contribution >= 4 is 44.2 Å². The van der Waals surface area contributed by atoms with Gasteiger partial charge in [0.1, 0.15) is 10.8 Å². The maximum absolute atomic E-state index is 14.2. The molecule has 0 aliphatic heterocycles. The lowest BCUT2D eigenvalue weighted by Gasteiger charge is -2.03. The number of benzene rings is 1. The number of thiazole rings is 1. The third kappa shape index (κ3) is 2.12. The molecule has 0 aliphatic rings. The Kier molecular flexibility index (Phi) is 2.79. The van der Waals surface area contributed by atoms with Crippen LogP contribution < -0.4 is 5.73 Å². The number of nitrogens with zero attached hydrogens (tertiary/aromatic N) is 4. The maximum Gasteiger partial charge on any atom is 0.234 e. The van der Waals surface area contributed by atoms with Crippen LogP contribution >= 0.6 is 23.1 Å². The van der Waals surface area contributed by atoms with Crippen molar-refractivity contribution in [3.05, 3.63) is 42.6 Å². The normalized spacial score (nSPS) is 11.5. The molecule has 0 saturated heterocycles. The third-order valence-corrected chi connectivity index (χ3v) is 4.82. The summed E-state index contributed by atoms with van der Waals surface area (Å²) in [5, 5.41) is 1.24. The molecule has 0 radical (unpaired) electrons. The fourth-order valence-corrected chi connectivity index (χ4v) is 3.75. The molecule has 0 spiro atoms. The minimum Gasteiger partial charge on any atom is -0.375 e. The lowest BCUT2D eigenvalue weighted by atomic mass is 10.3. The number of imidazole rings is 1. The van der Waals surface area contributed by atoms with Crippen LogP contribution in [-0.2, 0) is 0 Å². The van der Waals surface area contributed by atoms with Gasteiger partial charge in [-0.15, -0.1) is 0 Å². The fourth-order valence-electron chi connectivity index (χ4n) is 2.02. The monoisotopic (exact) mass is 317 g/mol. The van der Waals surface area contributed by atoms with Crippen molar-refractivity contribution in [1.82, 2.24) is 19.4 Å². The van der Waals surface area contributed by atoms with Crippen molar-refractivity contribution in [3.8, 4) is 0 Å². The zero-order chi connectivity index (χ0) is 14.4. The Morgan fingerprint density at radius 2 is 2.19 bits per heavy atom. The van der Waals surface area contributed by atoms with Gasteiger partial charge < -0.3 is 5.73 Å². The zero-order valence-corrected chi connectivity index (χ0v) is 12.2. The number of halogens is 1. The summed E-state index contributed by atoms with van der Waals surface area (Å²) in [7, 11) is 0. The molecule has 104 valence electrons. The second kappa shape index (κ2) is 4.68. The highest BCUT2D eigenvalue weighted by molar-refractivity contribution is 7.99. The summed E-state index contributed by atoms with van der Waals surface area (Å²) in [6.07, 6.45) is 5.19. The average Bonchev–Trinajstić information content (AvgIpc) is 3.02. The Labute approximate surface area is 126 Å². The molecule has 0 bridgehead atoms. The number of hydrogen-bond donors (Lipinski definition) is 1. The molecule has 1 aromatic carbocycles. The molecular formula is C13H8FN5S2. The number of nitrogens with two attached hydrogens (primary N) is 1. The molecule has 0 unspecified atom stereocenters. The molecule has 0 saturated carbocycles. The molecule has 8 heteroatoms. The SMILES string of the molecule is Nc1nc2cc(F)c(Sc3cnc4ncccn34)cc2s1. The largest absolute Gasteiger partial charge is 0.375 e. The Morgan fingerprint density at radius 3 is 3.10 bits per heavy atom. The summed E-state index contributed by atoms with van der Waals surface area (Å²) in [5.41, 5.74) is 6.24. The van der Waals surface area contributed by atoms with E-state index in [1.807, 2.05) is 16.7 Å². The minimum atomic E-state index is -0.323. The fraction of sp³-hybridized carbons (Fsp3) is 0. The lowest BCUT2D eigenvalue weighted by molar-refractivity contribution is 0.604. The lowest BCUT2D eigenvalue weighted by Crippen LogP contribution is -1.89. The first kappa shape index (κ1) is 12.5. The van der Waals surface area contributed by atoms with Crippen molar-refractivity contribution in [2.45, 2.75) is 9.92 Å². The van der Waals surface area contributed by atoms with Gasteiger partial charge in [0, 0.05) is 18.5 Å². The van der Waals surface area contributed by atoms with E-state index in [1.54, 1.807) is 18.5 Å². The first-order valence-electron chi connectivity index (χ1n) is 6.02. The Hall–Kier alpha value is -2.19. The molecule has 0 aliphatic carbocycles. The van der Waals surface area contributed by atoms with Crippen LogP contribution in [0.3, 0.4) is 0 Å². The van der Waals surface area contributed by atoms with Gasteiger partial charge >= 0.3 is 0 Å². The van der Waals surface area contributed by atoms with Crippen LogP contribution in [0.4, 0.5) is 9.52 Å². The Morgan fingerprint density at radius 1 is 1.29 bits per heavy atom. The summed E-state index contributed by atoms with van der Waals surface area (Å²) < 4.78 is 16.9. The molecule has 3 aromatic heterocycles. The minimum absolute atomic E-state index is 0.323. The first-order chi connectivity index (χ1) is 10.2. The van der Waals surface area contributed by atoms with Crippen molar-refractivity contribution in [2.24, 2.45) is 0 Å². The number of fused-ring (bicyclic) bond motifs is 2. The molecule has 0 amide bonds. The second-order valence-corrected chi connectivity index (χ2v) is 6.42. The smallest absolute Gasteiger partial charge is 0.234 e. The standard InChI is InChI=1S/C13H8FN5S2/c14-7-4-8-10(21-12(15)18-8)5-9(7)20-11-6-17-13-16-2-1-3-19(11)13/h1-6H,(H2,15,18). The van der Waals surface area contributed by atoms with Crippen LogP contribution in [0.5, 0.6) is 0 Å². The van der Waals surface area contributed by atoms with Crippen molar-refractivity contribution in [2.75, 3.05) is 5.73 Å². The van der Waals surface area contributed by atoms with E-state index >= 15 is 0 Å². The molecule has 5 nitrogen and oxygen atoms in total. The third-order valence-electron chi connectivity index (χ3n) is 2.93. The van der Waals surface area contributed by atoms with Gasteiger partial charge in [-0.25, -0.2) is 19.3 Å². The van der Waals surface area contributed by atoms with E-state index in [1.165, 1.54) is 29.2 Å². The number of aromatic nitrogens is 4. The van der Waals surface area contributed by atoms with E-state index in [0.29, 0.717) is 21.3 Å². The topological polar surface area (TPSA) is 69.1 Å². The highest BCUT2D eigenvalue weighted by Crippen LogP contribution is 2.34. The molecular weight excluding hydrogens is 309 g/mol. The zero-order valence-electron chi connectivity index (χ0n) is 10.5. The van der Waals surface area contributed by atoms with Gasteiger partial charge in [-0.3, -0.25) is 4.40 Å². The number of anilines is 1. The van der Waals surface area contributed by atoms with Crippen LogP contribution in [0.25, 0.3) is 16.0 Å². The van der Waals surface area contributed by atoms with Gasteiger partial charge in [0.15, 0.2) is 5.13 Å². The summed E-state index contributed by atoms with van der Waals surface area (Å²) in [6.45, 7) is 0. The van der Waals surface area contributed by atoms with Gasteiger partial charge in [-0.1, -0.05) is 23.1 Å². The van der Waals surface area contributed by atoms with Crippen molar-refractivity contribution < 1.29 is 4.39 Å². The quantitative estimate of drug-likeness (QED) is 0.615. The van der Waals surface area contributed by atoms with Crippen molar-refractivity contribution in [3.63, 3.8) is 0 Å². The van der Waals surface area contributed by atoms with E-state index in [-0.39, 0.29) is 5.82 Å².